The molecule has 0 saturated carbocycles. The van der Waals surface area contributed by atoms with Crippen LogP contribution in [0.3, 0.4) is 0 Å². The average Bonchev–Trinajstić information content (AvgIpc) is 2.35. The first-order valence-electron chi connectivity index (χ1n) is 5.48. The van der Waals surface area contributed by atoms with Crippen LogP contribution in [-0.4, -0.2) is 25.1 Å². The van der Waals surface area contributed by atoms with Gasteiger partial charge in [0.15, 0.2) is 12.4 Å². The zero-order valence-corrected chi connectivity index (χ0v) is 10.1. The van der Waals surface area contributed by atoms with Gasteiger partial charge in [-0.3, -0.25) is 0 Å². The molecule has 5 nitrogen and oxygen atoms in total. The fourth-order valence-electron chi connectivity index (χ4n) is 1.33. The van der Waals surface area contributed by atoms with Crippen molar-refractivity contribution >= 4 is 5.84 Å². The first-order valence-corrected chi connectivity index (χ1v) is 5.48. The molecule has 0 aromatic heterocycles. The van der Waals surface area contributed by atoms with Crippen molar-refractivity contribution in [3.63, 3.8) is 0 Å². The zero-order valence-electron chi connectivity index (χ0n) is 10.1. The molecule has 4 N–H and O–H groups in total. The summed E-state index contributed by atoms with van der Waals surface area (Å²) in [6, 6.07) is 6.88. The number of halogens is 3. The van der Waals surface area contributed by atoms with Crippen LogP contribution in [0.15, 0.2) is 39.6 Å². The van der Waals surface area contributed by atoms with Crippen LogP contribution in [0, 0.1) is 0 Å². The molecular formula is C11H14F3N5. The van der Waals surface area contributed by atoms with E-state index in [9.17, 15) is 13.2 Å². The molecule has 0 aliphatic rings. The van der Waals surface area contributed by atoms with E-state index in [1.165, 1.54) is 0 Å². The van der Waals surface area contributed by atoms with Crippen LogP contribution in [0.4, 0.5) is 13.2 Å². The highest BCUT2D eigenvalue weighted by Gasteiger charge is 2.26. The normalized spacial score (nSPS) is 13.2. The van der Waals surface area contributed by atoms with Gasteiger partial charge < -0.3 is 11.6 Å². The summed E-state index contributed by atoms with van der Waals surface area (Å²) in [7, 11) is 0. The fourth-order valence-corrected chi connectivity index (χ4v) is 1.33. The van der Waals surface area contributed by atoms with Gasteiger partial charge in [0.05, 0.1) is 0 Å². The van der Waals surface area contributed by atoms with E-state index in [-0.39, 0.29) is 5.84 Å². The Bertz CT molecular complexity index is 450. The predicted molar refractivity (Wildman–Crippen MR) is 65.7 cm³/mol. The first-order chi connectivity index (χ1) is 8.96. The van der Waals surface area contributed by atoms with Crippen molar-refractivity contribution < 1.29 is 13.2 Å². The summed E-state index contributed by atoms with van der Waals surface area (Å²) < 4.78 is 35.7. The zero-order chi connectivity index (χ0) is 14.3. The van der Waals surface area contributed by atoms with Crippen LogP contribution < -0.4 is 11.6 Å². The van der Waals surface area contributed by atoms with E-state index in [0.29, 0.717) is 18.5 Å². The second kappa shape index (κ2) is 6.83. The second-order valence-electron chi connectivity index (χ2n) is 3.70. The summed E-state index contributed by atoms with van der Waals surface area (Å²) >= 11 is 0. The predicted octanol–water partition coefficient (Wildman–Crippen LogP) is 1.82. The Labute approximate surface area is 108 Å². The lowest BCUT2D eigenvalue weighted by Gasteiger charge is -2.03. The van der Waals surface area contributed by atoms with Gasteiger partial charge in [-0.1, -0.05) is 24.3 Å². The maximum atomic E-state index is 11.9. The minimum Gasteiger partial charge on any atom is -0.330 e. The molecule has 19 heavy (non-hydrogen) atoms. The number of amidine groups is 1. The van der Waals surface area contributed by atoms with Crippen LogP contribution in [0.2, 0.25) is 0 Å². The maximum absolute atomic E-state index is 11.9. The van der Waals surface area contributed by atoms with Gasteiger partial charge in [-0.25, -0.2) is 0 Å². The number of azo groups is 1. The van der Waals surface area contributed by atoms with Crippen LogP contribution >= 0.6 is 0 Å². The molecule has 0 bridgehead atoms. The van der Waals surface area contributed by atoms with Gasteiger partial charge in [-0.05, 0) is 18.5 Å². The van der Waals surface area contributed by atoms with E-state index in [0.717, 1.165) is 5.56 Å². The smallest absolute Gasteiger partial charge is 0.330 e. The molecule has 8 heteroatoms. The Morgan fingerprint density at radius 1 is 1.16 bits per heavy atom. The maximum Gasteiger partial charge on any atom is 0.409 e. The van der Waals surface area contributed by atoms with Crippen molar-refractivity contribution in [1.82, 2.24) is 0 Å². The highest BCUT2D eigenvalue weighted by molar-refractivity contribution is 5.98. The summed E-state index contributed by atoms with van der Waals surface area (Å²) in [5.74, 6) is 5.03. The van der Waals surface area contributed by atoms with Crippen LogP contribution in [0.5, 0.6) is 0 Å². The van der Waals surface area contributed by atoms with Gasteiger partial charge in [0, 0.05) is 5.56 Å². The molecule has 0 heterocycles. The lowest BCUT2D eigenvalue weighted by Crippen LogP contribution is -2.12. The van der Waals surface area contributed by atoms with Crippen molar-refractivity contribution in [2.45, 2.75) is 12.6 Å². The highest BCUT2D eigenvalue weighted by Crippen LogP contribution is 2.15. The molecule has 104 valence electrons. The largest absolute Gasteiger partial charge is 0.409 e. The van der Waals surface area contributed by atoms with E-state index < -0.39 is 12.7 Å². The number of hydrogen-bond acceptors (Lipinski definition) is 4. The SMILES string of the molecule is NCCc1ccc(/C(N=NCC(F)(F)F)=N/N)cc1. The van der Waals surface area contributed by atoms with Gasteiger partial charge in [-0.15, -0.1) is 5.11 Å². The Kier molecular flexibility index (Phi) is 5.43. The van der Waals surface area contributed by atoms with Crippen molar-refractivity contribution in [3.05, 3.63) is 35.4 Å². The Morgan fingerprint density at radius 3 is 2.26 bits per heavy atom. The summed E-state index contributed by atoms with van der Waals surface area (Å²) in [5, 5.41) is 9.71. The third-order valence-electron chi connectivity index (χ3n) is 2.18. The quantitative estimate of drug-likeness (QED) is 0.288. The first kappa shape index (κ1) is 15.1. The molecule has 0 atom stereocenters. The highest BCUT2D eigenvalue weighted by atomic mass is 19.4. The molecule has 0 fully saturated rings. The summed E-state index contributed by atoms with van der Waals surface area (Å²) in [6.07, 6.45) is -3.68. The van der Waals surface area contributed by atoms with Gasteiger partial charge in [-0.2, -0.15) is 23.4 Å². The lowest BCUT2D eigenvalue weighted by molar-refractivity contribution is -0.119. The Hall–Kier alpha value is -1.96. The van der Waals surface area contributed by atoms with E-state index in [1.807, 2.05) is 0 Å². The van der Waals surface area contributed by atoms with Gasteiger partial charge in [0.1, 0.15) is 0 Å². The molecule has 0 aliphatic carbocycles. The van der Waals surface area contributed by atoms with Gasteiger partial charge >= 0.3 is 6.18 Å². The van der Waals surface area contributed by atoms with Crippen molar-refractivity contribution in [3.8, 4) is 0 Å². The molecule has 0 aliphatic heterocycles. The second-order valence-corrected chi connectivity index (χ2v) is 3.70. The molecule has 0 unspecified atom stereocenters. The number of nitrogens with two attached hydrogens (primary N) is 2. The topological polar surface area (TPSA) is 89.1 Å². The molecule has 0 radical (unpaired) electrons. The standard InChI is InChI=1S/C11H14F3N5/c12-11(13,14)7-17-19-10(18-16)9-3-1-8(2-4-9)5-6-15/h1-4H,5-7,15-16H2/b18-10-,19-17?. The van der Waals surface area contributed by atoms with Gasteiger partial charge in [0.25, 0.3) is 0 Å². The minimum atomic E-state index is -4.39. The molecule has 0 spiro atoms. The number of alkyl halides is 3. The number of nitrogens with zero attached hydrogens (tertiary/aromatic N) is 3. The van der Waals surface area contributed by atoms with Crippen LogP contribution in [0.25, 0.3) is 0 Å². The number of benzene rings is 1. The summed E-state index contributed by atoms with van der Waals surface area (Å²) in [6.45, 7) is -0.847. The average molecular weight is 273 g/mol. The molecule has 1 aromatic rings. The Morgan fingerprint density at radius 2 is 1.79 bits per heavy atom. The van der Waals surface area contributed by atoms with E-state index >= 15 is 0 Å². The van der Waals surface area contributed by atoms with Crippen molar-refractivity contribution in [2.75, 3.05) is 13.1 Å². The van der Waals surface area contributed by atoms with Crippen LogP contribution in [0.1, 0.15) is 11.1 Å². The fraction of sp³-hybridized carbons (Fsp3) is 0.364. The summed E-state index contributed by atoms with van der Waals surface area (Å²) in [4.78, 5) is 0. The number of rotatable bonds is 4. The summed E-state index contributed by atoms with van der Waals surface area (Å²) in [5.41, 5.74) is 6.91. The Balaban J connectivity index is 2.75. The minimum absolute atomic E-state index is 0.0523. The van der Waals surface area contributed by atoms with Gasteiger partial charge in [0.2, 0.25) is 0 Å². The molecular weight excluding hydrogens is 259 g/mol. The lowest BCUT2D eigenvalue weighted by atomic mass is 10.1. The monoisotopic (exact) mass is 273 g/mol. The molecule has 1 aromatic carbocycles. The van der Waals surface area contributed by atoms with Crippen molar-refractivity contribution in [1.29, 1.82) is 0 Å². The third kappa shape index (κ3) is 5.47. The molecule has 0 saturated heterocycles. The molecule has 1 rings (SSSR count). The van der Waals surface area contributed by atoms with E-state index in [4.69, 9.17) is 11.6 Å². The van der Waals surface area contributed by atoms with E-state index in [1.54, 1.807) is 24.3 Å². The molecule has 0 amide bonds. The van der Waals surface area contributed by atoms with Crippen molar-refractivity contribution in [2.24, 2.45) is 26.9 Å². The number of hydrogen-bond donors (Lipinski definition) is 2. The number of hydrazone groups is 1. The van der Waals surface area contributed by atoms with Crippen LogP contribution in [-0.2, 0) is 6.42 Å². The third-order valence-corrected chi connectivity index (χ3v) is 2.18. The van der Waals surface area contributed by atoms with E-state index in [2.05, 4.69) is 15.3 Å².